The van der Waals surface area contributed by atoms with Gasteiger partial charge in [0.15, 0.2) is 9.84 Å². The van der Waals surface area contributed by atoms with Gasteiger partial charge in [-0.05, 0) is 29.8 Å². The lowest BCUT2D eigenvalue weighted by atomic mass is 10.2. The number of halogens is 1. The molecule has 0 aliphatic carbocycles. The van der Waals surface area contributed by atoms with E-state index in [-0.39, 0.29) is 12.3 Å². The van der Waals surface area contributed by atoms with E-state index in [4.69, 9.17) is 5.26 Å². The highest BCUT2D eigenvalue weighted by molar-refractivity contribution is 9.10. The van der Waals surface area contributed by atoms with Gasteiger partial charge in [0.2, 0.25) is 5.91 Å². The zero-order valence-electron chi connectivity index (χ0n) is 14.8. The lowest BCUT2D eigenvalue weighted by Gasteiger charge is -2.18. The Labute approximate surface area is 171 Å². The van der Waals surface area contributed by atoms with E-state index in [1.807, 2.05) is 0 Å². The van der Waals surface area contributed by atoms with Crippen molar-refractivity contribution >= 4 is 37.6 Å². The maximum absolute atomic E-state index is 12.6. The first-order valence-corrected chi connectivity index (χ1v) is 10.9. The first-order chi connectivity index (χ1) is 13.3. The molecule has 0 saturated heterocycles. The van der Waals surface area contributed by atoms with Crippen molar-refractivity contribution in [1.29, 1.82) is 5.26 Å². The van der Waals surface area contributed by atoms with Gasteiger partial charge in [0.1, 0.15) is 12.6 Å². The third kappa shape index (κ3) is 6.79. The smallest absolute Gasteiger partial charge is 0.251 e. The van der Waals surface area contributed by atoms with E-state index in [0.717, 1.165) is 4.47 Å². The standard InChI is InChI=1S/C19H18BrN3O4S/c20-16-8-6-14(7-9-16)12-28(26,27)13-17(19(25)22-11-10-21)23-18(24)15-4-2-1-3-5-15/h1-9,17H,11-13H2,(H,22,25)(H,23,24). The second-order valence-electron chi connectivity index (χ2n) is 5.95. The fourth-order valence-electron chi connectivity index (χ4n) is 2.41. The maximum Gasteiger partial charge on any atom is 0.251 e. The second kappa shape index (κ2) is 10.0. The monoisotopic (exact) mass is 463 g/mol. The third-order valence-corrected chi connectivity index (χ3v) is 5.86. The van der Waals surface area contributed by atoms with E-state index in [2.05, 4.69) is 26.6 Å². The number of carbonyl (C=O) groups is 2. The average molecular weight is 464 g/mol. The predicted octanol–water partition coefficient (Wildman–Crippen LogP) is 1.80. The number of nitrogens with zero attached hydrogens (tertiary/aromatic N) is 1. The number of carbonyl (C=O) groups excluding carboxylic acids is 2. The number of hydrogen-bond acceptors (Lipinski definition) is 5. The van der Waals surface area contributed by atoms with Gasteiger partial charge in [-0.15, -0.1) is 0 Å². The van der Waals surface area contributed by atoms with Gasteiger partial charge in [-0.2, -0.15) is 5.26 Å². The van der Waals surface area contributed by atoms with Crippen LogP contribution >= 0.6 is 15.9 Å². The fraction of sp³-hybridized carbons (Fsp3) is 0.211. The number of rotatable bonds is 8. The number of sulfone groups is 1. The van der Waals surface area contributed by atoms with Crippen LogP contribution in [0.4, 0.5) is 0 Å². The van der Waals surface area contributed by atoms with Crippen LogP contribution in [-0.2, 0) is 20.4 Å². The summed E-state index contributed by atoms with van der Waals surface area (Å²) in [5.41, 5.74) is 0.861. The molecule has 0 aliphatic heterocycles. The van der Waals surface area contributed by atoms with Crippen LogP contribution in [0.25, 0.3) is 0 Å². The minimum absolute atomic E-state index is 0.274. The molecule has 0 fully saturated rings. The minimum Gasteiger partial charge on any atom is -0.341 e. The van der Waals surface area contributed by atoms with Gasteiger partial charge in [0.25, 0.3) is 5.91 Å². The topological polar surface area (TPSA) is 116 Å². The molecule has 2 aromatic carbocycles. The van der Waals surface area contributed by atoms with Gasteiger partial charge in [-0.1, -0.05) is 46.3 Å². The van der Waals surface area contributed by atoms with Crippen molar-refractivity contribution in [2.45, 2.75) is 11.8 Å². The van der Waals surface area contributed by atoms with Crippen LogP contribution in [-0.4, -0.2) is 38.6 Å². The molecular weight excluding hydrogens is 446 g/mol. The van der Waals surface area contributed by atoms with Crippen LogP contribution in [0.3, 0.4) is 0 Å². The molecule has 9 heteroatoms. The highest BCUT2D eigenvalue weighted by atomic mass is 79.9. The summed E-state index contributed by atoms with van der Waals surface area (Å²) in [6.07, 6.45) is 0. The van der Waals surface area contributed by atoms with Crippen LogP contribution in [0.5, 0.6) is 0 Å². The maximum atomic E-state index is 12.6. The number of nitriles is 1. The Morgan fingerprint density at radius 2 is 1.71 bits per heavy atom. The number of nitrogens with one attached hydrogen (secondary N) is 2. The lowest BCUT2D eigenvalue weighted by molar-refractivity contribution is -0.122. The molecule has 0 aromatic heterocycles. The molecule has 2 aromatic rings. The summed E-state index contributed by atoms with van der Waals surface area (Å²) in [5, 5.41) is 13.4. The Morgan fingerprint density at radius 3 is 2.32 bits per heavy atom. The number of hydrogen-bond donors (Lipinski definition) is 2. The van der Waals surface area contributed by atoms with Gasteiger partial charge < -0.3 is 10.6 Å². The Balaban J connectivity index is 2.15. The molecule has 28 heavy (non-hydrogen) atoms. The van der Waals surface area contributed by atoms with Crippen LogP contribution in [0.1, 0.15) is 15.9 Å². The van der Waals surface area contributed by atoms with E-state index in [0.29, 0.717) is 11.1 Å². The Kier molecular flexibility index (Phi) is 7.72. The summed E-state index contributed by atoms with van der Waals surface area (Å²) in [6.45, 7) is -0.288. The zero-order valence-corrected chi connectivity index (χ0v) is 17.2. The summed E-state index contributed by atoms with van der Waals surface area (Å²) in [5.74, 6) is -2.16. The van der Waals surface area contributed by atoms with E-state index < -0.39 is 33.4 Å². The van der Waals surface area contributed by atoms with Gasteiger partial charge in [0, 0.05) is 10.0 Å². The molecule has 0 aliphatic rings. The van der Waals surface area contributed by atoms with Crippen molar-refractivity contribution in [1.82, 2.24) is 10.6 Å². The van der Waals surface area contributed by atoms with Crippen molar-refractivity contribution in [3.05, 3.63) is 70.2 Å². The second-order valence-corrected chi connectivity index (χ2v) is 8.97. The average Bonchev–Trinajstić information content (AvgIpc) is 2.67. The van der Waals surface area contributed by atoms with Crippen LogP contribution in [0, 0.1) is 11.3 Å². The third-order valence-electron chi connectivity index (χ3n) is 3.72. The van der Waals surface area contributed by atoms with Gasteiger partial charge in [-0.3, -0.25) is 9.59 Å². The first-order valence-electron chi connectivity index (χ1n) is 8.26. The molecule has 0 radical (unpaired) electrons. The fourth-order valence-corrected chi connectivity index (χ4v) is 4.24. The summed E-state index contributed by atoms with van der Waals surface area (Å²) in [4.78, 5) is 24.7. The molecule has 1 atom stereocenters. The van der Waals surface area contributed by atoms with Crippen LogP contribution in [0.2, 0.25) is 0 Å². The van der Waals surface area contributed by atoms with Crippen molar-refractivity contribution in [3.63, 3.8) is 0 Å². The van der Waals surface area contributed by atoms with Gasteiger partial charge in [0.05, 0.1) is 17.6 Å². The van der Waals surface area contributed by atoms with Gasteiger partial charge in [-0.25, -0.2) is 8.42 Å². The molecule has 146 valence electrons. The Bertz CT molecular complexity index is 970. The first kappa shape index (κ1) is 21.6. The zero-order chi connectivity index (χ0) is 20.6. The summed E-state index contributed by atoms with van der Waals surface area (Å²) in [6, 6.07) is 15.3. The molecule has 1 unspecified atom stereocenters. The molecule has 0 heterocycles. The van der Waals surface area contributed by atoms with E-state index in [1.165, 1.54) is 0 Å². The summed E-state index contributed by atoms with van der Waals surface area (Å²) in [7, 11) is -3.72. The molecule has 0 spiro atoms. The minimum atomic E-state index is -3.72. The van der Waals surface area contributed by atoms with E-state index in [1.54, 1.807) is 60.7 Å². The largest absolute Gasteiger partial charge is 0.341 e. The SMILES string of the molecule is N#CCNC(=O)C(CS(=O)(=O)Cc1ccc(Br)cc1)NC(=O)c1ccccc1. The molecule has 7 nitrogen and oxygen atoms in total. The van der Waals surface area contributed by atoms with Gasteiger partial charge >= 0.3 is 0 Å². The molecule has 2 N–H and O–H groups in total. The Morgan fingerprint density at radius 1 is 1.07 bits per heavy atom. The summed E-state index contributed by atoms with van der Waals surface area (Å²) < 4.78 is 26.0. The van der Waals surface area contributed by atoms with Crippen LogP contribution in [0.15, 0.2) is 59.1 Å². The lowest BCUT2D eigenvalue weighted by Crippen LogP contribution is -2.50. The molecule has 0 saturated carbocycles. The van der Waals surface area contributed by atoms with Crippen molar-refractivity contribution in [2.24, 2.45) is 0 Å². The molecule has 2 rings (SSSR count). The van der Waals surface area contributed by atoms with Crippen molar-refractivity contribution < 1.29 is 18.0 Å². The molecule has 2 amide bonds. The normalized spacial score (nSPS) is 11.9. The predicted molar refractivity (Wildman–Crippen MR) is 108 cm³/mol. The van der Waals surface area contributed by atoms with E-state index >= 15 is 0 Å². The highest BCUT2D eigenvalue weighted by Crippen LogP contribution is 2.14. The van der Waals surface area contributed by atoms with Crippen molar-refractivity contribution in [2.75, 3.05) is 12.3 Å². The van der Waals surface area contributed by atoms with Crippen molar-refractivity contribution in [3.8, 4) is 6.07 Å². The molecular formula is C19H18BrN3O4S. The summed E-state index contributed by atoms with van der Waals surface area (Å²) >= 11 is 3.28. The Hall–Kier alpha value is -2.70. The highest BCUT2D eigenvalue weighted by Gasteiger charge is 2.27. The van der Waals surface area contributed by atoms with E-state index in [9.17, 15) is 18.0 Å². The van der Waals surface area contributed by atoms with Crippen LogP contribution < -0.4 is 10.6 Å². The number of benzene rings is 2. The molecule has 0 bridgehead atoms. The number of amides is 2. The quantitative estimate of drug-likeness (QED) is 0.578.